The number of barbiturate groups is 1. The number of nitrogens with one attached hydrogen (secondary N) is 1. The van der Waals surface area contributed by atoms with E-state index in [0.29, 0.717) is 17.9 Å². The van der Waals surface area contributed by atoms with Gasteiger partial charge in [0.05, 0.1) is 17.3 Å². The Labute approximate surface area is 166 Å². The summed E-state index contributed by atoms with van der Waals surface area (Å²) < 4.78 is 5.31. The summed E-state index contributed by atoms with van der Waals surface area (Å²) in [7, 11) is 0. The minimum absolute atomic E-state index is 0.00748. The molecule has 1 aliphatic heterocycles. The normalized spacial score (nSPS) is 15.8. The molecule has 0 atom stereocenters. The van der Waals surface area contributed by atoms with Gasteiger partial charge in [-0.1, -0.05) is 23.7 Å². The van der Waals surface area contributed by atoms with Crippen LogP contribution in [0.2, 0.25) is 5.02 Å². The Hall–Kier alpha value is -3.32. The van der Waals surface area contributed by atoms with Crippen LogP contribution in [0.3, 0.4) is 0 Å². The van der Waals surface area contributed by atoms with Crippen LogP contribution in [0.4, 0.5) is 10.5 Å². The van der Waals surface area contributed by atoms with Gasteiger partial charge in [-0.05, 0) is 55.3 Å². The SMILES string of the molecule is CCOc1cc(/C=C2\C(=O)NC(=O)N(c3cccc(C)c3)C2=O)cc(Cl)c1O. The summed E-state index contributed by atoms with van der Waals surface area (Å²) in [5.74, 6) is -1.69. The first-order valence-electron chi connectivity index (χ1n) is 8.45. The van der Waals surface area contributed by atoms with Crippen LogP contribution in [0.15, 0.2) is 42.0 Å². The predicted molar refractivity (Wildman–Crippen MR) is 104 cm³/mol. The van der Waals surface area contributed by atoms with Gasteiger partial charge in [0.2, 0.25) is 0 Å². The molecule has 0 saturated carbocycles. The number of amides is 4. The monoisotopic (exact) mass is 400 g/mol. The van der Waals surface area contributed by atoms with Gasteiger partial charge in [0.25, 0.3) is 11.8 Å². The second-order valence-electron chi connectivity index (χ2n) is 6.08. The van der Waals surface area contributed by atoms with E-state index in [1.54, 1.807) is 25.1 Å². The van der Waals surface area contributed by atoms with Crippen molar-refractivity contribution < 1.29 is 24.2 Å². The second-order valence-corrected chi connectivity index (χ2v) is 6.49. The molecule has 3 rings (SSSR count). The van der Waals surface area contributed by atoms with E-state index in [-0.39, 0.29) is 22.1 Å². The van der Waals surface area contributed by atoms with Gasteiger partial charge in [0.1, 0.15) is 5.57 Å². The number of aryl methyl sites for hydroxylation is 1. The Morgan fingerprint density at radius 1 is 1.21 bits per heavy atom. The largest absolute Gasteiger partial charge is 0.503 e. The highest BCUT2D eigenvalue weighted by Crippen LogP contribution is 2.36. The fraction of sp³-hybridized carbons (Fsp3) is 0.150. The summed E-state index contributed by atoms with van der Waals surface area (Å²) in [6.07, 6.45) is 1.29. The van der Waals surface area contributed by atoms with Gasteiger partial charge in [-0.2, -0.15) is 0 Å². The third-order valence-electron chi connectivity index (χ3n) is 4.02. The van der Waals surface area contributed by atoms with Crippen LogP contribution in [0.1, 0.15) is 18.1 Å². The number of phenols is 1. The molecule has 7 nitrogen and oxygen atoms in total. The standard InChI is InChI=1S/C20H17ClN2O5/c1-3-28-16-10-12(9-15(21)17(16)24)8-14-18(25)22-20(27)23(19(14)26)13-6-4-5-11(2)7-13/h4-10,24H,3H2,1-2H3,(H,22,25,27)/b14-8+. The number of hydrogen-bond acceptors (Lipinski definition) is 5. The molecule has 144 valence electrons. The van der Waals surface area contributed by atoms with E-state index in [2.05, 4.69) is 5.32 Å². The number of aromatic hydroxyl groups is 1. The highest BCUT2D eigenvalue weighted by Gasteiger charge is 2.36. The van der Waals surface area contributed by atoms with Crippen LogP contribution < -0.4 is 15.0 Å². The van der Waals surface area contributed by atoms with E-state index in [0.717, 1.165) is 10.5 Å². The van der Waals surface area contributed by atoms with E-state index in [1.807, 2.05) is 13.0 Å². The molecular formula is C20H17ClN2O5. The number of nitrogens with zero attached hydrogens (tertiary/aromatic N) is 1. The van der Waals surface area contributed by atoms with Crippen molar-refractivity contribution in [1.82, 2.24) is 5.32 Å². The van der Waals surface area contributed by atoms with Crippen molar-refractivity contribution in [3.8, 4) is 11.5 Å². The Morgan fingerprint density at radius 2 is 1.96 bits per heavy atom. The predicted octanol–water partition coefficient (Wildman–Crippen LogP) is 3.42. The van der Waals surface area contributed by atoms with Crippen LogP contribution >= 0.6 is 11.6 Å². The number of phenolic OH excluding ortho intramolecular Hbond substituents is 1. The molecule has 2 aromatic rings. The van der Waals surface area contributed by atoms with Crippen molar-refractivity contribution in [2.45, 2.75) is 13.8 Å². The molecule has 1 fully saturated rings. The molecule has 0 radical (unpaired) electrons. The van der Waals surface area contributed by atoms with E-state index in [1.165, 1.54) is 18.2 Å². The van der Waals surface area contributed by atoms with Crippen molar-refractivity contribution in [3.63, 3.8) is 0 Å². The molecule has 0 unspecified atom stereocenters. The van der Waals surface area contributed by atoms with E-state index in [9.17, 15) is 19.5 Å². The van der Waals surface area contributed by atoms with Gasteiger partial charge in [-0.15, -0.1) is 0 Å². The molecule has 1 aliphatic rings. The first-order valence-corrected chi connectivity index (χ1v) is 8.83. The average Bonchev–Trinajstić information content (AvgIpc) is 2.63. The van der Waals surface area contributed by atoms with Gasteiger partial charge < -0.3 is 9.84 Å². The van der Waals surface area contributed by atoms with Crippen LogP contribution in [0.5, 0.6) is 11.5 Å². The quantitative estimate of drug-likeness (QED) is 0.605. The highest BCUT2D eigenvalue weighted by molar-refractivity contribution is 6.39. The lowest BCUT2D eigenvalue weighted by atomic mass is 10.1. The molecule has 0 bridgehead atoms. The zero-order valence-corrected chi connectivity index (χ0v) is 15.9. The number of halogens is 1. The molecule has 2 N–H and O–H groups in total. The Balaban J connectivity index is 2.04. The second kappa shape index (κ2) is 7.74. The Morgan fingerprint density at radius 3 is 2.64 bits per heavy atom. The van der Waals surface area contributed by atoms with Crippen LogP contribution in [-0.4, -0.2) is 29.6 Å². The number of ether oxygens (including phenoxy) is 1. The van der Waals surface area contributed by atoms with Crippen LogP contribution in [0.25, 0.3) is 6.08 Å². The van der Waals surface area contributed by atoms with Gasteiger partial charge in [-0.3, -0.25) is 14.9 Å². The molecule has 8 heteroatoms. The fourth-order valence-corrected chi connectivity index (χ4v) is 2.99. The molecular weight excluding hydrogens is 384 g/mol. The zero-order chi connectivity index (χ0) is 20.4. The minimum atomic E-state index is -0.823. The molecule has 2 aromatic carbocycles. The lowest BCUT2D eigenvalue weighted by Crippen LogP contribution is -2.54. The number of urea groups is 1. The Bertz CT molecular complexity index is 1020. The maximum Gasteiger partial charge on any atom is 0.335 e. The molecule has 0 spiro atoms. The Kier molecular flexibility index (Phi) is 5.37. The van der Waals surface area contributed by atoms with Crippen molar-refractivity contribution in [1.29, 1.82) is 0 Å². The lowest BCUT2D eigenvalue weighted by molar-refractivity contribution is -0.122. The molecule has 1 saturated heterocycles. The topological polar surface area (TPSA) is 95.9 Å². The van der Waals surface area contributed by atoms with Gasteiger partial charge in [-0.25, -0.2) is 9.69 Å². The molecule has 0 aromatic heterocycles. The number of rotatable bonds is 4. The number of benzene rings is 2. The smallest absolute Gasteiger partial charge is 0.335 e. The van der Waals surface area contributed by atoms with E-state index >= 15 is 0 Å². The number of imide groups is 2. The summed E-state index contributed by atoms with van der Waals surface area (Å²) in [5, 5.41) is 12.1. The zero-order valence-electron chi connectivity index (χ0n) is 15.2. The number of anilines is 1. The molecule has 0 aliphatic carbocycles. The van der Waals surface area contributed by atoms with Crippen LogP contribution in [-0.2, 0) is 9.59 Å². The maximum atomic E-state index is 12.9. The highest BCUT2D eigenvalue weighted by atomic mass is 35.5. The van der Waals surface area contributed by atoms with Crippen molar-refractivity contribution in [2.75, 3.05) is 11.5 Å². The summed E-state index contributed by atoms with van der Waals surface area (Å²) in [5.41, 5.74) is 1.32. The molecule has 28 heavy (non-hydrogen) atoms. The van der Waals surface area contributed by atoms with Crippen LogP contribution in [0, 0.1) is 6.92 Å². The minimum Gasteiger partial charge on any atom is -0.503 e. The van der Waals surface area contributed by atoms with E-state index in [4.69, 9.17) is 16.3 Å². The summed E-state index contributed by atoms with van der Waals surface area (Å²) in [6, 6.07) is 8.81. The van der Waals surface area contributed by atoms with E-state index < -0.39 is 17.8 Å². The molecule has 4 amide bonds. The lowest BCUT2D eigenvalue weighted by Gasteiger charge is -2.26. The molecule has 1 heterocycles. The van der Waals surface area contributed by atoms with Crippen molar-refractivity contribution in [2.24, 2.45) is 0 Å². The van der Waals surface area contributed by atoms with Gasteiger partial charge in [0.15, 0.2) is 11.5 Å². The number of hydrogen-bond donors (Lipinski definition) is 2. The summed E-state index contributed by atoms with van der Waals surface area (Å²) >= 11 is 6.00. The summed E-state index contributed by atoms with van der Waals surface area (Å²) in [4.78, 5) is 38.3. The van der Waals surface area contributed by atoms with Crippen molar-refractivity contribution in [3.05, 3.63) is 58.1 Å². The van der Waals surface area contributed by atoms with Gasteiger partial charge in [0, 0.05) is 0 Å². The van der Waals surface area contributed by atoms with Crippen molar-refractivity contribution >= 4 is 41.2 Å². The first-order chi connectivity index (χ1) is 13.3. The maximum absolute atomic E-state index is 12.9. The van der Waals surface area contributed by atoms with Gasteiger partial charge >= 0.3 is 6.03 Å². The fourth-order valence-electron chi connectivity index (χ4n) is 2.77. The number of carbonyl (C=O) groups excluding carboxylic acids is 3. The first kappa shape index (κ1) is 19.4. The number of carbonyl (C=O) groups is 3. The third-order valence-corrected chi connectivity index (χ3v) is 4.31. The average molecular weight is 401 g/mol. The third kappa shape index (κ3) is 3.70. The summed E-state index contributed by atoms with van der Waals surface area (Å²) in [6.45, 7) is 3.85.